The number of nitrogens with zero attached hydrogens (tertiary/aromatic N) is 4. The molecule has 7 heteroatoms. The molecule has 0 N–H and O–H groups in total. The number of rotatable bonds is 5. The van der Waals surface area contributed by atoms with E-state index in [1.165, 1.54) is 11.8 Å². The maximum absolute atomic E-state index is 13.5. The second-order valence-corrected chi connectivity index (χ2v) is 8.95. The van der Waals surface area contributed by atoms with Crippen LogP contribution in [0.3, 0.4) is 0 Å². The number of para-hydroxylation sites is 2. The van der Waals surface area contributed by atoms with Crippen molar-refractivity contribution in [1.29, 1.82) is 0 Å². The molecule has 34 heavy (non-hydrogen) atoms. The molecule has 0 aliphatic heterocycles. The molecule has 0 aliphatic carbocycles. The Labute approximate surface area is 199 Å². The summed E-state index contributed by atoms with van der Waals surface area (Å²) in [7, 11) is 0. The van der Waals surface area contributed by atoms with Crippen LogP contribution in [0.25, 0.3) is 39.1 Å². The molecular formula is C27H20N4O2S. The van der Waals surface area contributed by atoms with Gasteiger partial charge in [-0.1, -0.05) is 65.9 Å². The van der Waals surface area contributed by atoms with Gasteiger partial charge >= 0.3 is 0 Å². The summed E-state index contributed by atoms with van der Waals surface area (Å²) in [6, 6.07) is 27.8. The van der Waals surface area contributed by atoms with Gasteiger partial charge in [-0.15, -0.1) is 10.2 Å². The summed E-state index contributed by atoms with van der Waals surface area (Å²) in [6.07, 6.45) is 1.61. The van der Waals surface area contributed by atoms with E-state index in [2.05, 4.69) is 22.3 Å². The number of hydrogen-bond donors (Lipinski definition) is 0. The summed E-state index contributed by atoms with van der Waals surface area (Å²) in [5, 5.41) is 11.5. The van der Waals surface area contributed by atoms with Crippen LogP contribution in [0.2, 0.25) is 0 Å². The lowest BCUT2D eigenvalue weighted by atomic mass is 10.2. The molecule has 166 valence electrons. The van der Waals surface area contributed by atoms with Crippen molar-refractivity contribution in [2.24, 2.45) is 0 Å². The van der Waals surface area contributed by atoms with Crippen molar-refractivity contribution in [3.05, 3.63) is 96.8 Å². The molecular weight excluding hydrogens is 444 g/mol. The molecule has 3 aromatic carbocycles. The molecule has 0 aliphatic rings. The number of benzene rings is 3. The topological polar surface area (TPSA) is 65.8 Å². The van der Waals surface area contributed by atoms with E-state index in [0.717, 1.165) is 33.1 Å². The van der Waals surface area contributed by atoms with Crippen molar-refractivity contribution in [2.45, 2.75) is 12.1 Å². The van der Waals surface area contributed by atoms with Crippen molar-refractivity contribution >= 4 is 39.5 Å². The van der Waals surface area contributed by atoms with E-state index in [1.807, 2.05) is 84.3 Å². The maximum Gasteiger partial charge on any atom is 0.242 e. The highest BCUT2D eigenvalue weighted by atomic mass is 32.2. The minimum absolute atomic E-state index is 0.0135. The number of carbonyl (C=O) groups excluding carboxylic acids is 1. The highest BCUT2D eigenvalue weighted by Gasteiger charge is 2.21. The Morgan fingerprint density at radius 1 is 0.853 bits per heavy atom. The fraction of sp³-hybridized carbons (Fsp3) is 0.0741. The molecule has 3 heterocycles. The summed E-state index contributed by atoms with van der Waals surface area (Å²) in [5.74, 6) is 1.42. The first-order valence-electron chi connectivity index (χ1n) is 10.9. The molecule has 0 amide bonds. The van der Waals surface area contributed by atoms with Gasteiger partial charge in [-0.3, -0.25) is 13.9 Å². The molecule has 0 fully saturated rings. The number of carbonyl (C=O) groups is 1. The summed E-state index contributed by atoms with van der Waals surface area (Å²) < 4.78 is 9.33. The van der Waals surface area contributed by atoms with Crippen LogP contribution in [0, 0.1) is 6.92 Å². The highest BCUT2D eigenvalue weighted by molar-refractivity contribution is 7.99. The third-order valence-corrected chi connectivity index (χ3v) is 6.74. The van der Waals surface area contributed by atoms with E-state index < -0.39 is 0 Å². The van der Waals surface area contributed by atoms with Gasteiger partial charge in [-0.05, 0) is 43.3 Å². The lowest BCUT2D eigenvalue weighted by Gasteiger charge is -2.10. The molecule has 6 aromatic rings. The van der Waals surface area contributed by atoms with Gasteiger partial charge in [0.2, 0.25) is 11.7 Å². The predicted octanol–water partition coefficient (Wildman–Crippen LogP) is 6.38. The van der Waals surface area contributed by atoms with E-state index in [4.69, 9.17) is 4.42 Å². The van der Waals surface area contributed by atoms with E-state index in [9.17, 15) is 4.79 Å². The molecule has 0 radical (unpaired) electrons. The molecule has 0 saturated carbocycles. The molecule has 3 aromatic heterocycles. The van der Waals surface area contributed by atoms with Crippen LogP contribution >= 0.6 is 11.8 Å². The van der Waals surface area contributed by atoms with E-state index in [1.54, 1.807) is 10.8 Å². The first kappa shape index (κ1) is 20.5. The lowest BCUT2D eigenvalue weighted by molar-refractivity contribution is 0.0951. The normalized spacial score (nSPS) is 11.4. The largest absolute Gasteiger partial charge is 0.461 e. The first-order chi connectivity index (χ1) is 16.7. The van der Waals surface area contributed by atoms with Crippen LogP contribution < -0.4 is 0 Å². The highest BCUT2D eigenvalue weighted by Crippen LogP contribution is 2.31. The average molecular weight is 465 g/mol. The van der Waals surface area contributed by atoms with Crippen molar-refractivity contribution in [3.8, 4) is 17.3 Å². The Hall–Kier alpha value is -4.10. The van der Waals surface area contributed by atoms with E-state index in [0.29, 0.717) is 16.7 Å². The minimum Gasteiger partial charge on any atom is -0.461 e. The number of aromatic nitrogens is 4. The second-order valence-electron chi connectivity index (χ2n) is 8.01. The third kappa shape index (κ3) is 3.41. The minimum atomic E-state index is -0.0135. The monoisotopic (exact) mass is 464 g/mol. The molecule has 6 nitrogen and oxygen atoms in total. The standard InChI is InChI=1S/C27H20N4O2S/c1-18-12-14-19(15-13-18)30-26(24-11-6-16-33-24)28-29-27(30)34-17-25(32)31-22-9-4-2-7-20(22)21-8-3-5-10-23(21)31/h2-16H,17H2,1H3. The van der Waals surface area contributed by atoms with Gasteiger partial charge in [0.25, 0.3) is 0 Å². The molecule has 6 rings (SSSR count). The van der Waals surface area contributed by atoms with Gasteiger partial charge in [-0.25, -0.2) is 0 Å². The Bertz CT molecular complexity index is 1580. The molecule has 0 spiro atoms. The molecule has 0 unspecified atom stereocenters. The van der Waals surface area contributed by atoms with Crippen LogP contribution in [0.5, 0.6) is 0 Å². The SMILES string of the molecule is Cc1ccc(-n2c(SCC(=O)n3c4ccccc4c4ccccc43)nnc2-c2ccco2)cc1. The third-order valence-electron chi connectivity index (χ3n) is 5.82. The number of hydrogen-bond acceptors (Lipinski definition) is 5. The first-order valence-corrected chi connectivity index (χ1v) is 11.9. The van der Waals surface area contributed by atoms with Gasteiger partial charge in [0.05, 0.1) is 23.0 Å². The molecule has 0 bridgehead atoms. The van der Waals surface area contributed by atoms with Gasteiger partial charge in [0.1, 0.15) is 0 Å². The van der Waals surface area contributed by atoms with E-state index >= 15 is 0 Å². The summed E-state index contributed by atoms with van der Waals surface area (Å²) in [5.41, 5.74) is 3.89. The molecule has 0 saturated heterocycles. The summed E-state index contributed by atoms with van der Waals surface area (Å²) in [4.78, 5) is 13.5. The maximum atomic E-state index is 13.5. The lowest BCUT2D eigenvalue weighted by Crippen LogP contribution is -2.13. The zero-order valence-corrected chi connectivity index (χ0v) is 19.2. The fourth-order valence-electron chi connectivity index (χ4n) is 4.24. The van der Waals surface area contributed by atoms with Gasteiger partial charge in [0.15, 0.2) is 10.9 Å². The smallest absolute Gasteiger partial charge is 0.242 e. The van der Waals surface area contributed by atoms with E-state index in [-0.39, 0.29) is 11.7 Å². The second kappa shape index (κ2) is 8.35. The van der Waals surface area contributed by atoms with Crippen molar-refractivity contribution in [3.63, 3.8) is 0 Å². The zero-order valence-electron chi connectivity index (χ0n) is 18.4. The summed E-state index contributed by atoms with van der Waals surface area (Å²) in [6.45, 7) is 2.05. The van der Waals surface area contributed by atoms with Gasteiger partial charge in [0, 0.05) is 16.5 Å². The number of furan rings is 1. The van der Waals surface area contributed by atoms with Crippen LogP contribution in [-0.2, 0) is 0 Å². The van der Waals surface area contributed by atoms with Crippen LogP contribution in [0.15, 0.2) is 101 Å². The number of fused-ring (bicyclic) bond motifs is 3. The fourth-order valence-corrected chi connectivity index (χ4v) is 5.04. The van der Waals surface area contributed by atoms with Crippen LogP contribution in [-0.4, -0.2) is 31.0 Å². The average Bonchev–Trinajstić information content (AvgIpc) is 3.60. The van der Waals surface area contributed by atoms with Crippen molar-refractivity contribution < 1.29 is 9.21 Å². The Morgan fingerprint density at radius 3 is 2.18 bits per heavy atom. The van der Waals surface area contributed by atoms with Crippen LogP contribution in [0.4, 0.5) is 0 Å². The number of aryl methyl sites for hydroxylation is 1. The Kier molecular flexibility index (Phi) is 5.04. The predicted molar refractivity (Wildman–Crippen MR) is 135 cm³/mol. The quantitative estimate of drug-likeness (QED) is 0.277. The Balaban J connectivity index is 1.38. The zero-order chi connectivity index (χ0) is 23.1. The van der Waals surface area contributed by atoms with Crippen LogP contribution in [0.1, 0.15) is 10.4 Å². The van der Waals surface area contributed by atoms with Crippen molar-refractivity contribution in [2.75, 3.05) is 5.75 Å². The Morgan fingerprint density at radius 2 is 1.53 bits per heavy atom. The van der Waals surface area contributed by atoms with Gasteiger partial charge in [-0.2, -0.15) is 0 Å². The molecule has 0 atom stereocenters. The van der Waals surface area contributed by atoms with Gasteiger partial charge < -0.3 is 4.42 Å². The van der Waals surface area contributed by atoms with Crippen molar-refractivity contribution in [1.82, 2.24) is 19.3 Å². The summed E-state index contributed by atoms with van der Waals surface area (Å²) >= 11 is 1.36. The number of thioether (sulfide) groups is 1.